The van der Waals surface area contributed by atoms with E-state index in [-0.39, 0.29) is 107 Å². The van der Waals surface area contributed by atoms with Crippen LogP contribution < -0.4 is 104 Å². The van der Waals surface area contributed by atoms with E-state index in [1.807, 2.05) is 0 Å². The van der Waals surface area contributed by atoms with Gasteiger partial charge in [-0.2, -0.15) is 0 Å². The number of hydrogen-bond acceptors (Lipinski definition) is 21. The first-order valence-corrected chi connectivity index (χ1v) is 1.84. The summed E-state index contributed by atoms with van der Waals surface area (Å²) in [6.45, 7) is 0. The fourth-order valence-electron chi connectivity index (χ4n) is 0. The third kappa shape index (κ3) is 3710. The second-order valence-corrected chi connectivity index (χ2v) is 0.750. The summed E-state index contributed by atoms with van der Waals surface area (Å²) in [6, 6.07) is 0. The van der Waals surface area contributed by atoms with E-state index >= 15 is 0 Å². The summed E-state index contributed by atoms with van der Waals surface area (Å²) in [5, 5.41) is 50.0. The summed E-state index contributed by atoms with van der Waals surface area (Å²) in [6.07, 6.45) is -7.00. The molecule has 0 radical (unpaired) electrons. The molecular formula is C3H36Co2N12O9. The Hall–Kier alpha value is -1.66. The molecule has 0 saturated carbocycles. The van der Waals surface area contributed by atoms with Crippen molar-refractivity contribution in [3.63, 3.8) is 0 Å². The maximum absolute atomic E-state index is 8.33. The number of rotatable bonds is 0. The minimum Gasteiger partial charge on any atom is -0.652 e. The van der Waals surface area contributed by atoms with Gasteiger partial charge in [-0.15, -0.1) is 0 Å². The van der Waals surface area contributed by atoms with E-state index < -0.39 is 18.5 Å². The first-order chi connectivity index (χ1) is 5.20. The summed E-state index contributed by atoms with van der Waals surface area (Å²) in [4.78, 5) is 25.0. The number of carboxylic acid groups (broad SMARTS) is 6. The van der Waals surface area contributed by atoms with E-state index in [2.05, 4.69) is 0 Å². The second kappa shape index (κ2) is 216. The molecule has 0 aromatic rings. The molecule has 0 aliphatic carbocycles. The van der Waals surface area contributed by atoms with Gasteiger partial charge in [-0.25, -0.2) is 0 Å². The smallest absolute Gasteiger partial charge is 0.652 e. The molecule has 0 saturated heterocycles. The standard InChI is InChI=1S/3CH2O3.2Co.12H3N/c3*2-1(3)4;;;;;;;;;;;;;;/h3*(H2,2,3,4);;;12*1H3/q;;;2*+3;;;;;;;;;;;;/p-6. The van der Waals surface area contributed by atoms with Crippen molar-refractivity contribution in [2.45, 2.75) is 0 Å². The van der Waals surface area contributed by atoms with E-state index in [0.29, 0.717) is 0 Å². The van der Waals surface area contributed by atoms with Crippen LogP contribution in [0.25, 0.3) is 0 Å². The predicted molar refractivity (Wildman–Crippen MR) is 76.5 cm³/mol. The van der Waals surface area contributed by atoms with E-state index in [1.165, 1.54) is 0 Å². The average molecular weight is 502 g/mol. The SMILES string of the molecule is N.N.N.N.N.N.N.N.N.N.N.N.O=C([O-])[O-].O=C([O-])[O-].O=C([O-])[O-].[Co+3].[Co+3]. The molecule has 0 aliphatic heterocycles. The van der Waals surface area contributed by atoms with Gasteiger partial charge in [0.05, 0.1) is 0 Å². The molecule has 0 spiro atoms. The molecule has 36 N–H and O–H groups in total. The third-order valence-corrected chi connectivity index (χ3v) is 0. The number of carbonyl (C=O) groups is 3. The van der Waals surface area contributed by atoms with Crippen molar-refractivity contribution in [1.29, 1.82) is 0 Å². The fraction of sp³-hybridized carbons (Fsp3) is 0. The first kappa shape index (κ1) is 246. The van der Waals surface area contributed by atoms with Crippen LogP contribution in [0.3, 0.4) is 0 Å². The molecule has 0 amide bonds. The zero-order valence-corrected chi connectivity index (χ0v) is 16.4. The zero-order chi connectivity index (χ0) is 10.7. The van der Waals surface area contributed by atoms with Crippen LogP contribution in [0.1, 0.15) is 0 Å². The normalized spacial score (nSPS) is 2.77. The van der Waals surface area contributed by atoms with Gasteiger partial charge in [-0.05, 0) is 18.5 Å². The molecule has 0 heterocycles. The van der Waals surface area contributed by atoms with Crippen LogP contribution in [0.2, 0.25) is 0 Å². The van der Waals surface area contributed by atoms with Crippen molar-refractivity contribution in [3.05, 3.63) is 0 Å². The summed E-state index contributed by atoms with van der Waals surface area (Å²) >= 11 is 0. The van der Waals surface area contributed by atoms with Gasteiger partial charge in [-0.3, -0.25) is 0 Å². The summed E-state index contributed by atoms with van der Waals surface area (Å²) in [7, 11) is 0. The molecule has 26 heavy (non-hydrogen) atoms. The molecular weight excluding hydrogens is 466 g/mol. The Morgan fingerprint density at radius 2 is 0.308 bits per heavy atom. The molecule has 0 fully saturated rings. The topological polar surface area (TPSA) is 610 Å². The van der Waals surface area contributed by atoms with Crippen molar-refractivity contribution in [2.75, 3.05) is 0 Å². The molecule has 21 nitrogen and oxygen atoms in total. The fourth-order valence-corrected chi connectivity index (χ4v) is 0. The van der Waals surface area contributed by atoms with Crippen LogP contribution in [-0.4, -0.2) is 18.5 Å². The van der Waals surface area contributed by atoms with Crippen LogP contribution in [-0.2, 0) is 33.6 Å². The minimum atomic E-state index is -2.33. The molecule has 0 aromatic heterocycles. The molecule has 180 valence electrons. The van der Waals surface area contributed by atoms with Crippen molar-refractivity contribution in [3.8, 4) is 0 Å². The largest absolute Gasteiger partial charge is 3.00 e. The van der Waals surface area contributed by atoms with Crippen LogP contribution in [0.4, 0.5) is 14.4 Å². The monoisotopic (exact) mass is 502 g/mol. The third-order valence-electron chi connectivity index (χ3n) is 0. The van der Waals surface area contributed by atoms with Gasteiger partial charge < -0.3 is 119 Å². The van der Waals surface area contributed by atoms with E-state index in [1.54, 1.807) is 0 Å². The van der Waals surface area contributed by atoms with Crippen molar-refractivity contribution in [2.24, 2.45) is 0 Å². The summed E-state index contributed by atoms with van der Waals surface area (Å²) in [5.74, 6) is 0. The van der Waals surface area contributed by atoms with Crippen LogP contribution in [0, 0.1) is 0 Å². The quantitative estimate of drug-likeness (QED) is 0.147. The maximum atomic E-state index is 8.33. The van der Waals surface area contributed by atoms with E-state index in [9.17, 15) is 0 Å². The molecule has 0 bridgehead atoms. The van der Waals surface area contributed by atoms with Gasteiger partial charge in [0, 0.05) is 0 Å². The number of hydrogen-bond donors (Lipinski definition) is 12. The minimum absolute atomic E-state index is 0. The van der Waals surface area contributed by atoms with Crippen molar-refractivity contribution < 1.29 is 78.6 Å². The Morgan fingerprint density at radius 3 is 0.308 bits per heavy atom. The van der Waals surface area contributed by atoms with Crippen LogP contribution >= 0.6 is 0 Å². The number of carbonyl (C=O) groups excluding carboxylic acids is 3. The summed E-state index contributed by atoms with van der Waals surface area (Å²) in [5.41, 5.74) is 0. The Kier molecular flexibility index (Phi) is 2040. The first-order valence-electron chi connectivity index (χ1n) is 1.84. The molecule has 0 rings (SSSR count). The molecule has 0 aromatic carbocycles. The van der Waals surface area contributed by atoms with Crippen LogP contribution in [0.5, 0.6) is 0 Å². The molecule has 0 atom stereocenters. The van der Waals surface area contributed by atoms with Gasteiger partial charge in [0.25, 0.3) is 0 Å². The van der Waals surface area contributed by atoms with Crippen LogP contribution in [0.15, 0.2) is 0 Å². The van der Waals surface area contributed by atoms with Gasteiger partial charge in [0.15, 0.2) is 0 Å². The van der Waals surface area contributed by atoms with Crippen molar-refractivity contribution in [1.82, 2.24) is 73.8 Å². The zero-order valence-electron chi connectivity index (χ0n) is 14.3. The maximum Gasteiger partial charge on any atom is 3.00 e. The molecule has 0 unspecified atom stereocenters. The van der Waals surface area contributed by atoms with Gasteiger partial charge in [0.1, 0.15) is 0 Å². The average Bonchev–Trinajstić information content (AvgIpc) is 1.54. The molecule has 0 aliphatic rings. The van der Waals surface area contributed by atoms with Gasteiger partial charge in [0.2, 0.25) is 0 Å². The van der Waals surface area contributed by atoms with E-state index in [4.69, 9.17) is 45.0 Å². The van der Waals surface area contributed by atoms with Crippen molar-refractivity contribution >= 4 is 18.5 Å². The van der Waals surface area contributed by atoms with Gasteiger partial charge in [-0.1, -0.05) is 0 Å². The Morgan fingerprint density at radius 1 is 0.308 bits per heavy atom. The Balaban J connectivity index is -0.00000000245. The molecule has 23 heteroatoms. The Labute approximate surface area is 171 Å². The second-order valence-electron chi connectivity index (χ2n) is 0.750. The predicted octanol–water partition coefficient (Wildman–Crippen LogP) is -5.40. The summed E-state index contributed by atoms with van der Waals surface area (Å²) < 4.78 is 0. The Bertz CT molecular complexity index is 141. The van der Waals surface area contributed by atoms with E-state index in [0.717, 1.165) is 0 Å². The van der Waals surface area contributed by atoms with Gasteiger partial charge >= 0.3 is 33.6 Å².